The molecule has 0 fully saturated rings. The highest BCUT2D eigenvalue weighted by atomic mass is 32.1. The maximum Gasteiger partial charge on any atom is 0.167 e. The Hall–Kier alpha value is -7.41. The Morgan fingerprint density at radius 1 is 0.351 bits per heavy atom. The van der Waals surface area contributed by atoms with Gasteiger partial charge >= 0.3 is 0 Å². The molecule has 0 bridgehead atoms. The predicted molar refractivity (Wildman–Crippen MR) is 234 cm³/mol. The first-order chi connectivity index (χ1) is 28.2. The first kappa shape index (κ1) is 31.9. The number of thiophene rings is 1. The van der Waals surface area contributed by atoms with E-state index in [2.05, 4.69) is 109 Å². The van der Waals surface area contributed by atoms with Crippen molar-refractivity contribution in [3.63, 3.8) is 0 Å². The van der Waals surface area contributed by atoms with Gasteiger partial charge in [-0.15, -0.1) is 11.3 Å². The SMILES string of the molecule is c1ccc(-c2cc(-c3cccc4sc5c(-c6nc(-c7ccccc7)nc(-c7cccc8c7oc7ccccc78)n6)cccc5c34)c3c(c2)oc2ccccc23)cc1. The van der Waals surface area contributed by atoms with E-state index in [9.17, 15) is 0 Å². The molecule has 57 heavy (non-hydrogen) atoms. The van der Waals surface area contributed by atoms with Crippen LogP contribution in [0.25, 0.3) is 120 Å². The molecule has 6 heteroatoms. The van der Waals surface area contributed by atoms with Gasteiger partial charge in [-0.3, -0.25) is 0 Å². The van der Waals surface area contributed by atoms with Crippen molar-refractivity contribution in [1.29, 1.82) is 0 Å². The van der Waals surface area contributed by atoms with Crippen LogP contribution in [-0.4, -0.2) is 15.0 Å². The summed E-state index contributed by atoms with van der Waals surface area (Å²) < 4.78 is 15.3. The Balaban J connectivity index is 1.11. The van der Waals surface area contributed by atoms with Gasteiger partial charge in [-0.2, -0.15) is 0 Å². The predicted octanol–water partition coefficient (Wildman–Crippen LogP) is 14.4. The molecule has 4 aromatic heterocycles. The molecule has 0 spiro atoms. The quantitative estimate of drug-likeness (QED) is 0.175. The summed E-state index contributed by atoms with van der Waals surface area (Å²) in [4.78, 5) is 15.5. The van der Waals surface area contributed by atoms with Crippen molar-refractivity contribution >= 4 is 75.4 Å². The van der Waals surface area contributed by atoms with Gasteiger partial charge in [-0.05, 0) is 64.7 Å². The summed E-state index contributed by atoms with van der Waals surface area (Å²) >= 11 is 1.77. The van der Waals surface area contributed by atoms with Crippen LogP contribution in [0, 0.1) is 0 Å². The monoisotopic (exact) mass is 747 g/mol. The zero-order valence-electron chi connectivity index (χ0n) is 30.3. The standard InChI is InChI=1S/C51H29N3O2S/c1-3-14-30(15-4-1)32-28-40(45-36-19-8-10-26-42(36)55-43(45)29-32)34-20-13-27-44-46(34)37-22-12-24-39(48(37)57-44)51-53-49(31-16-5-2-6-17-31)52-50(54-51)38-23-11-21-35-33-18-7-9-25-41(33)56-47(35)38/h1-29H. The molecular formula is C51H29N3O2S. The number of fused-ring (bicyclic) bond motifs is 9. The normalized spacial score (nSPS) is 11.9. The molecule has 5 nitrogen and oxygen atoms in total. The van der Waals surface area contributed by atoms with Gasteiger partial charge in [0.05, 0.1) is 5.56 Å². The number of para-hydroxylation sites is 3. The van der Waals surface area contributed by atoms with Crippen molar-refractivity contribution in [2.24, 2.45) is 0 Å². The molecule has 0 radical (unpaired) electrons. The number of aromatic nitrogens is 3. The molecule has 0 amide bonds. The number of nitrogens with zero attached hydrogens (tertiary/aromatic N) is 3. The maximum absolute atomic E-state index is 6.55. The summed E-state index contributed by atoms with van der Waals surface area (Å²) in [7, 11) is 0. The van der Waals surface area contributed by atoms with E-state index >= 15 is 0 Å². The lowest BCUT2D eigenvalue weighted by molar-refractivity contribution is 0.669. The smallest absolute Gasteiger partial charge is 0.167 e. The fourth-order valence-electron chi connectivity index (χ4n) is 8.37. The number of hydrogen-bond donors (Lipinski definition) is 0. The highest BCUT2D eigenvalue weighted by Gasteiger charge is 2.22. The summed E-state index contributed by atoms with van der Waals surface area (Å²) in [6.45, 7) is 0. The molecule has 0 aliphatic rings. The molecule has 12 rings (SSSR count). The van der Waals surface area contributed by atoms with Crippen LogP contribution in [0.3, 0.4) is 0 Å². The van der Waals surface area contributed by atoms with Crippen LogP contribution in [0.1, 0.15) is 0 Å². The van der Waals surface area contributed by atoms with Crippen molar-refractivity contribution in [3.8, 4) is 56.4 Å². The van der Waals surface area contributed by atoms with Crippen LogP contribution in [0.5, 0.6) is 0 Å². The van der Waals surface area contributed by atoms with E-state index in [1.807, 2.05) is 66.7 Å². The first-order valence-corrected chi connectivity index (χ1v) is 19.7. The van der Waals surface area contributed by atoms with E-state index in [4.69, 9.17) is 23.8 Å². The van der Waals surface area contributed by atoms with E-state index < -0.39 is 0 Å². The Morgan fingerprint density at radius 3 is 1.75 bits per heavy atom. The van der Waals surface area contributed by atoms with Crippen molar-refractivity contribution in [1.82, 2.24) is 15.0 Å². The second kappa shape index (κ2) is 12.6. The van der Waals surface area contributed by atoms with Gasteiger partial charge in [-0.1, -0.05) is 133 Å². The van der Waals surface area contributed by atoms with Gasteiger partial charge in [0, 0.05) is 52.8 Å². The molecule has 266 valence electrons. The fraction of sp³-hybridized carbons (Fsp3) is 0. The van der Waals surface area contributed by atoms with Crippen LogP contribution < -0.4 is 0 Å². The van der Waals surface area contributed by atoms with Gasteiger partial charge in [-0.25, -0.2) is 15.0 Å². The van der Waals surface area contributed by atoms with Crippen LogP contribution in [0.4, 0.5) is 0 Å². The number of furan rings is 2. The molecule has 0 aliphatic heterocycles. The average Bonchev–Trinajstić information content (AvgIpc) is 3.98. The van der Waals surface area contributed by atoms with Gasteiger partial charge in [0.15, 0.2) is 17.5 Å². The molecule has 0 unspecified atom stereocenters. The molecule has 0 N–H and O–H groups in total. The summed E-state index contributed by atoms with van der Waals surface area (Å²) in [5.74, 6) is 1.78. The Morgan fingerprint density at radius 2 is 0.947 bits per heavy atom. The van der Waals surface area contributed by atoms with Crippen LogP contribution in [0.2, 0.25) is 0 Å². The van der Waals surface area contributed by atoms with E-state index in [-0.39, 0.29) is 0 Å². The average molecular weight is 748 g/mol. The van der Waals surface area contributed by atoms with Crippen LogP contribution in [-0.2, 0) is 0 Å². The molecule has 4 heterocycles. The highest BCUT2D eigenvalue weighted by molar-refractivity contribution is 7.26. The third-order valence-electron chi connectivity index (χ3n) is 11.0. The van der Waals surface area contributed by atoms with E-state index in [0.29, 0.717) is 17.5 Å². The largest absolute Gasteiger partial charge is 0.456 e. The second-order valence-electron chi connectivity index (χ2n) is 14.3. The minimum Gasteiger partial charge on any atom is -0.456 e. The first-order valence-electron chi connectivity index (χ1n) is 18.9. The molecule has 12 aromatic rings. The summed E-state index contributed by atoms with van der Waals surface area (Å²) in [6.07, 6.45) is 0. The number of hydrogen-bond acceptors (Lipinski definition) is 6. The zero-order valence-corrected chi connectivity index (χ0v) is 31.1. The van der Waals surface area contributed by atoms with Crippen molar-refractivity contribution in [3.05, 3.63) is 176 Å². The Kier molecular flexibility index (Phi) is 7.03. The van der Waals surface area contributed by atoms with Crippen molar-refractivity contribution < 1.29 is 8.83 Å². The summed E-state index contributed by atoms with van der Waals surface area (Å²) in [6, 6.07) is 60.9. The Bertz CT molecular complexity index is 3530. The summed E-state index contributed by atoms with van der Waals surface area (Å²) in [5.41, 5.74) is 10.6. The van der Waals surface area contributed by atoms with Gasteiger partial charge in [0.2, 0.25) is 0 Å². The van der Waals surface area contributed by atoms with E-state index in [0.717, 1.165) is 92.9 Å². The fourth-order valence-corrected chi connectivity index (χ4v) is 9.61. The topological polar surface area (TPSA) is 65.0 Å². The molecule has 0 saturated carbocycles. The minimum absolute atomic E-state index is 0.564. The zero-order chi connectivity index (χ0) is 37.5. The third kappa shape index (κ3) is 5.04. The molecule has 0 saturated heterocycles. The molecule has 0 atom stereocenters. The van der Waals surface area contributed by atoms with Gasteiger partial charge in [0.25, 0.3) is 0 Å². The second-order valence-corrected chi connectivity index (χ2v) is 15.3. The van der Waals surface area contributed by atoms with Crippen LogP contribution >= 0.6 is 11.3 Å². The van der Waals surface area contributed by atoms with Crippen molar-refractivity contribution in [2.75, 3.05) is 0 Å². The van der Waals surface area contributed by atoms with Crippen molar-refractivity contribution in [2.45, 2.75) is 0 Å². The van der Waals surface area contributed by atoms with E-state index in [1.165, 1.54) is 10.1 Å². The Labute approximate surface area is 330 Å². The van der Waals surface area contributed by atoms with Crippen LogP contribution in [0.15, 0.2) is 185 Å². The molecule has 8 aromatic carbocycles. The highest BCUT2D eigenvalue weighted by Crippen LogP contribution is 2.47. The third-order valence-corrected chi connectivity index (χ3v) is 12.2. The minimum atomic E-state index is 0.564. The van der Waals surface area contributed by atoms with Gasteiger partial charge in [0.1, 0.15) is 22.3 Å². The molecular weight excluding hydrogens is 719 g/mol. The lowest BCUT2D eigenvalue weighted by atomic mass is 9.92. The molecule has 0 aliphatic carbocycles. The number of benzene rings is 8. The maximum atomic E-state index is 6.55. The number of rotatable bonds is 5. The lowest BCUT2D eigenvalue weighted by Gasteiger charge is -2.11. The lowest BCUT2D eigenvalue weighted by Crippen LogP contribution is -2.00. The van der Waals surface area contributed by atoms with E-state index in [1.54, 1.807) is 11.3 Å². The summed E-state index contributed by atoms with van der Waals surface area (Å²) in [5, 5.41) is 6.65. The van der Waals surface area contributed by atoms with Gasteiger partial charge < -0.3 is 8.83 Å².